The lowest BCUT2D eigenvalue weighted by Crippen LogP contribution is -2.25. The van der Waals surface area contributed by atoms with Crippen LogP contribution in [0.2, 0.25) is 0 Å². The Kier molecular flexibility index (Phi) is 7.42. The van der Waals surface area contributed by atoms with Crippen LogP contribution in [0.3, 0.4) is 0 Å². The van der Waals surface area contributed by atoms with E-state index in [0.717, 1.165) is 37.5 Å². The Bertz CT molecular complexity index is 175. The van der Waals surface area contributed by atoms with Crippen molar-refractivity contribution in [3.05, 3.63) is 0 Å². The van der Waals surface area contributed by atoms with Gasteiger partial charge in [-0.15, -0.1) is 11.6 Å². The lowest BCUT2D eigenvalue weighted by molar-refractivity contribution is 0.102. The molecule has 0 aliphatic carbocycles. The van der Waals surface area contributed by atoms with Gasteiger partial charge in [0.1, 0.15) is 0 Å². The zero-order valence-electron chi connectivity index (χ0n) is 10.8. The van der Waals surface area contributed by atoms with Crippen LogP contribution in [0, 0.1) is 11.8 Å². The van der Waals surface area contributed by atoms with E-state index in [1.54, 1.807) is 0 Å². The highest BCUT2D eigenvalue weighted by molar-refractivity contribution is 6.17. The van der Waals surface area contributed by atoms with E-state index in [1.165, 1.54) is 32.4 Å². The number of rotatable bonds is 8. The van der Waals surface area contributed by atoms with E-state index in [-0.39, 0.29) is 0 Å². The molecular formula is C13H26ClNO. The summed E-state index contributed by atoms with van der Waals surface area (Å²) in [5.41, 5.74) is 0. The summed E-state index contributed by atoms with van der Waals surface area (Å²) in [7, 11) is 0. The number of halogens is 1. The molecule has 1 fully saturated rings. The number of likely N-dealkylation sites (tertiary alicyclic amines) is 1. The van der Waals surface area contributed by atoms with E-state index in [0.29, 0.717) is 0 Å². The monoisotopic (exact) mass is 247 g/mol. The third kappa shape index (κ3) is 6.07. The fraction of sp³-hybridized carbons (Fsp3) is 1.00. The molecule has 96 valence electrons. The summed E-state index contributed by atoms with van der Waals surface area (Å²) in [4.78, 5) is 2.51. The molecule has 2 nitrogen and oxygen atoms in total. The van der Waals surface area contributed by atoms with E-state index in [4.69, 9.17) is 16.3 Å². The minimum absolute atomic E-state index is 0.750. The minimum atomic E-state index is 0.750. The van der Waals surface area contributed by atoms with Gasteiger partial charge in [0.05, 0.1) is 6.61 Å². The molecule has 0 aromatic carbocycles. The minimum Gasteiger partial charge on any atom is -0.380 e. The van der Waals surface area contributed by atoms with Gasteiger partial charge >= 0.3 is 0 Å². The van der Waals surface area contributed by atoms with Crippen LogP contribution in [0.4, 0.5) is 0 Å². The van der Waals surface area contributed by atoms with Crippen LogP contribution >= 0.6 is 11.6 Å². The fourth-order valence-corrected chi connectivity index (χ4v) is 2.43. The summed E-state index contributed by atoms with van der Waals surface area (Å²) in [6.45, 7) is 9.82. The Balaban J connectivity index is 1.94. The molecule has 16 heavy (non-hydrogen) atoms. The average Bonchev–Trinajstić information content (AvgIpc) is 2.65. The first-order valence-corrected chi connectivity index (χ1v) is 7.12. The van der Waals surface area contributed by atoms with Crippen molar-refractivity contribution in [2.75, 3.05) is 38.7 Å². The van der Waals surface area contributed by atoms with Gasteiger partial charge in [0.25, 0.3) is 0 Å². The highest BCUT2D eigenvalue weighted by Gasteiger charge is 2.21. The van der Waals surface area contributed by atoms with Crippen molar-refractivity contribution in [3.63, 3.8) is 0 Å². The van der Waals surface area contributed by atoms with Crippen LogP contribution < -0.4 is 0 Å². The van der Waals surface area contributed by atoms with Crippen LogP contribution in [-0.2, 0) is 4.74 Å². The van der Waals surface area contributed by atoms with Crippen molar-refractivity contribution in [1.29, 1.82) is 0 Å². The van der Waals surface area contributed by atoms with Gasteiger partial charge in [-0.05, 0) is 37.6 Å². The molecule has 1 unspecified atom stereocenters. The molecular weight excluding hydrogens is 222 g/mol. The highest BCUT2D eigenvalue weighted by atomic mass is 35.5. The van der Waals surface area contributed by atoms with Crippen molar-refractivity contribution in [1.82, 2.24) is 4.90 Å². The molecule has 0 aromatic heterocycles. The maximum atomic E-state index is 5.76. The first-order chi connectivity index (χ1) is 7.72. The third-order valence-corrected chi connectivity index (χ3v) is 3.50. The zero-order chi connectivity index (χ0) is 11.8. The molecule has 0 radical (unpaired) electrons. The van der Waals surface area contributed by atoms with Crippen LogP contribution in [0.25, 0.3) is 0 Å². The van der Waals surface area contributed by atoms with Crippen LogP contribution in [0.5, 0.6) is 0 Å². The smallest absolute Gasteiger partial charge is 0.0593 e. The average molecular weight is 248 g/mol. The maximum absolute atomic E-state index is 5.76. The van der Waals surface area contributed by atoms with Gasteiger partial charge in [0.2, 0.25) is 0 Å². The van der Waals surface area contributed by atoms with Crippen molar-refractivity contribution in [2.45, 2.75) is 33.1 Å². The Hall–Kier alpha value is 0.210. The topological polar surface area (TPSA) is 12.5 Å². The Morgan fingerprint density at radius 3 is 2.88 bits per heavy atom. The van der Waals surface area contributed by atoms with Gasteiger partial charge < -0.3 is 9.64 Å². The van der Waals surface area contributed by atoms with Gasteiger partial charge in [0, 0.05) is 25.6 Å². The van der Waals surface area contributed by atoms with Crippen molar-refractivity contribution in [2.24, 2.45) is 11.8 Å². The number of alkyl halides is 1. The van der Waals surface area contributed by atoms with Gasteiger partial charge in [-0.3, -0.25) is 0 Å². The van der Waals surface area contributed by atoms with E-state index in [2.05, 4.69) is 18.7 Å². The van der Waals surface area contributed by atoms with E-state index < -0.39 is 0 Å². The zero-order valence-corrected chi connectivity index (χ0v) is 11.5. The lowest BCUT2D eigenvalue weighted by Gasteiger charge is -2.16. The SMILES string of the molecule is CC(C)CCOCCN1CCC(CCCl)C1. The Morgan fingerprint density at radius 1 is 1.38 bits per heavy atom. The van der Waals surface area contributed by atoms with Gasteiger partial charge in [-0.1, -0.05) is 13.8 Å². The molecule has 0 saturated carbocycles. The van der Waals surface area contributed by atoms with E-state index >= 15 is 0 Å². The standard InChI is InChI=1S/C13H26ClNO/c1-12(2)5-9-16-10-8-15-7-4-13(11-15)3-6-14/h12-13H,3-11H2,1-2H3. The van der Waals surface area contributed by atoms with Gasteiger partial charge in [-0.25, -0.2) is 0 Å². The van der Waals surface area contributed by atoms with E-state index in [1.807, 2.05) is 0 Å². The number of ether oxygens (including phenoxy) is 1. The van der Waals surface area contributed by atoms with Gasteiger partial charge in [-0.2, -0.15) is 0 Å². The molecule has 0 spiro atoms. The molecule has 0 bridgehead atoms. The van der Waals surface area contributed by atoms with Crippen LogP contribution in [0.15, 0.2) is 0 Å². The summed E-state index contributed by atoms with van der Waals surface area (Å²) in [6.07, 6.45) is 3.67. The maximum Gasteiger partial charge on any atom is 0.0593 e. The second-order valence-electron chi connectivity index (χ2n) is 5.23. The first-order valence-electron chi connectivity index (χ1n) is 6.58. The van der Waals surface area contributed by atoms with E-state index in [9.17, 15) is 0 Å². The number of hydrogen-bond donors (Lipinski definition) is 0. The number of nitrogens with zero attached hydrogens (tertiary/aromatic N) is 1. The van der Waals surface area contributed by atoms with Crippen LogP contribution in [-0.4, -0.2) is 43.6 Å². The molecule has 0 aromatic rings. The normalized spacial score (nSPS) is 22.1. The molecule has 1 aliphatic rings. The van der Waals surface area contributed by atoms with Crippen LogP contribution in [0.1, 0.15) is 33.1 Å². The molecule has 1 rings (SSSR count). The Labute approximate surface area is 105 Å². The first kappa shape index (κ1) is 14.3. The lowest BCUT2D eigenvalue weighted by atomic mass is 10.1. The summed E-state index contributed by atoms with van der Waals surface area (Å²) >= 11 is 5.76. The second-order valence-corrected chi connectivity index (χ2v) is 5.61. The number of hydrogen-bond acceptors (Lipinski definition) is 2. The molecule has 1 atom stereocenters. The summed E-state index contributed by atoms with van der Waals surface area (Å²) in [6, 6.07) is 0. The quantitative estimate of drug-likeness (QED) is 0.483. The largest absolute Gasteiger partial charge is 0.380 e. The second kappa shape index (κ2) is 8.32. The highest BCUT2D eigenvalue weighted by Crippen LogP contribution is 2.19. The predicted octanol–water partition coefficient (Wildman–Crippen LogP) is 3.00. The predicted molar refractivity (Wildman–Crippen MR) is 70.2 cm³/mol. The van der Waals surface area contributed by atoms with Crippen molar-refractivity contribution < 1.29 is 4.74 Å². The molecule has 1 heterocycles. The third-order valence-electron chi connectivity index (χ3n) is 3.28. The molecule has 0 amide bonds. The molecule has 1 saturated heterocycles. The summed E-state index contributed by atoms with van der Waals surface area (Å²) < 4.78 is 5.63. The van der Waals surface area contributed by atoms with Crippen molar-refractivity contribution >= 4 is 11.6 Å². The molecule has 0 N–H and O–H groups in total. The summed E-state index contributed by atoms with van der Waals surface area (Å²) in [5.74, 6) is 2.39. The van der Waals surface area contributed by atoms with Crippen molar-refractivity contribution in [3.8, 4) is 0 Å². The Morgan fingerprint density at radius 2 is 2.19 bits per heavy atom. The fourth-order valence-electron chi connectivity index (χ4n) is 2.12. The molecule has 1 aliphatic heterocycles. The summed E-state index contributed by atoms with van der Waals surface area (Å²) in [5, 5.41) is 0. The van der Waals surface area contributed by atoms with Gasteiger partial charge in [0.15, 0.2) is 0 Å². The molecule has 3 heteroatoms.